The molecule has 5 heteroatoms. The molecule has 0 radical (unpaired) electrons. The molecule has 0 fully saturated rings. The van der Waals surface area contributed by atoms with Crippen molar-refractivity contribution in [1.29, 1.82) is 0 Å². The predicted molar refractivity (Wildman–Crippen MR) is 257 cm³/mol. The standard InChI is InChI=1S/C53H66GeN2OSi/c1-35(2)47-17-16-18-48(36(3)4)51(47)37-23-25-55-49(31-37)38-27-40(52(5,6)7)32-44(29-38)57-45-30-39(28-41(33-45)53(8,9)10)50-34-43(24-26-56-50)54(11,12)42-19-21-46(22-20-42)58(13,14)15/h16-36H,1-15H3. The first kappa shape index (κ1) is 43.3. The first-order chi connectivity index (χ1) is 27.0. The van der Waals surface area contributed by atoms with Gasteiger partial charge in [-0.2, -0.15) is 0 Å². The average Bonchev–Trinajstić information content (AvgIpc) is 3.16. The van der Waals surface area contributed by atoms with Crippen LogP contribution in [0.15, 0.2) is 116 Å². The van der Waals surface area contributed by atoms with Crippen LogP contribution in [0.25, 0.3) is 33.6 Å². The molecule has 0 atom stereocenters. The molecule has 2 aromatic heterocycles. The molecule has 0 saturated carbocycles. The van der Waals surface area contributed by atoms with Gasteiger partial charge in [-0.1, -0.05) is 45.9 Å². The molecule has 0 unspecified atom stereocenters. The van der Waals surface area contributed by atoms with Crippen molar-refractivity contribution in [1.82, 2.24) is 9.97 Å². The average molecular weight is 848 g/mol. The van der Waals surface area contributed by atoms with Crippen molar-refractivity contribution in [3.8, 4) is 45.1 Å². The van der Waals surface area contributed by atoms with Gasteiger partial charge in [0.05, 0.1) is 0 Å². The molecule has 2 heterocycles. The van der Waals surface area contributed by atoms with Crippen LogP contribution in [0.4, 0.5) is 0 Å². The number of hydrogen-bond acceptors (Lipinski definition) is 3. The van der Waals surface area contributed by atoms with Crippen LogP contribution >= 0.6 is 0 Å². The summed E-state index contributed by atoms with van der Waals surface area (Å²) < 4.78 is 9.87. The SMILES string of the molecule is CC(C)c1cccc(C(C)C)c1-c1ccnc(-c2cc(Oc3cc(-c4c[c]([Ge]([CH3])([CH3])[c]5ccc([Si](C)(C)C)cc5)ccn4)cc(C(C)(C)C)c3)cc(C(C)(C)C)c2)c1. The molecule has 0 aliphatic carbocycles. The molecule has 0 bridgehead atoms. The molecule has 0 aliphatic heterocycles. The van der Waals surface area contributed by atoms with Crippen LogP contribution < -0.4 is 18.7 Å². The van der Waals surface area contributed by atoms with Crippen molar-refractivity contribution in [2.24, 2.45) is 0 Å². The molecule has 302 valence electrons. The zero-order chi connectivity index (χ0) is 42.4. The topological polar surface area (TPSA) is 35.0 Å². The van der Waals surface area contributed by atoms with E-state index in [1.54, 1.807) is 0 Å². The monoisotopic (exact) mass is 848 g/mol. The minimum atomic E-state index is -2.62. The third-order valence-electron chi connectivity index (χ3n) is 11.7. The van der Waals surface area contributed by atoms with Crippen LogP contribution in [0.1, 0.15) is 103 Å². The molecular weight excluding hydrogens is 781 g/mol. The summed E-state index contributed by atoms with van der Waals surface area (Å²) in [6, 6.07) is 38.7. The Hall–Kier alpha value is -4.26. The zero-order valence-corrected chi connectivity index (χ0v) is 41.0. The van der Waals surface area contributed by atoms with Gasteiger partial charge < -0.3 is 0 Å². The Morgan fingerprint density at radius 1 is 0.534 bits per heavy atom. The Bertz CT molecular complexity index is 2380. The molecule has 6 rings (SSSR count). The van der Waals surface area contributed by atoms with E-state index < -0.39 is 21.3 Å². The van der Waals surface area contributed by atoms with Gasteiger partial charge >= 0.3 is 264 Å². The second kappa shape index (κ2) is 16.4. The summed E-state index contributed by atoms with van der Waals surface area (Å²) >= 11 is -2.62. The molecule has 0 aliphatic rings. The summed E-state index contributed by atoms with van der Waals surface area (Å²) in [5, 5.41) is 1.51. The summed E-state index contributed by atoms with van der Waals surface area (Å²) in [5.74, 6) is 7.42. The van der Waals surface area contributed by atoms with Crippen molar-refractivity contribution in [3.63, 3.8) is 0 Å². The van der Waals surface area contributed by atoms with Crippen LogP contribution in [-0.4, -0.2) is 31.3 Å². The molecule has 0 saturated heterocycles. The Balaban J connectivity index is 1.42. The van der Waals surface area contributed by atoms with E-state index in [-0.39, 0.29) is 10.8 Å². The van der Waals surface area contributed by atoms with E-state index in [9.17, 15) is 0 Å². The fourth-order valence-corrected chi connectivity index (χ4v) is 13.8. The van der Waals surface area contributed by atoms with E-state index >= 15 is 0 Å². The number of pyridine rings is 2. The van der Waals surface area contributed by atoms with Crippen LogP contribution in [0.3, 0.4) is 0 Å². The van der Waals surface area contributed by atoms with Crippen molar-refractivity contribution in [3.05, 3.63) is 138 Å². The van der Waals surface area contributed by atoms with Gasteiger partial charge in [0.2, 0.25) is 0 Å². The van der Waals surface area contributed by atoms with E-state index in [1.807, 2.05) is 12.4 Å². The fraction of sp³-hybridized carbons (Fsp3) is 0.358. The quantitative estimate of drug-likeness (QED) is 0.129. The van der Waals surface area contributed by atoms with Crippen molar-refractivity contribution in [2.45, 2.75) is 123 Å². The van der Waals surface area contributed by atoms with Crippen LogP contribution in [0, 0.1) is 0 Å². The van der Waals surface area contributed by atoms with Gasteiger partial charge in [-0.05, 0) is 40.2 Å². The van der Waals surface area contributed by atoms with Gasteiger partial charge in [0.15, 0.2) is 0 Å². The summed E-state index contributed by atoms with van der Waals surface area (Å²) in [5.41, 5.74) is 11.5. The van der Waals surface area contributed by atoms with Gasteiger partial charge in [-0.25, -0.2) is 0 Å². The Labute approximate surface area is 354 Å². The maximum atomic E-state index is 6.96. The summed E-state index contributed by atoms with van der Waals surface area (Å²) in [6.07, 6.45) is 3.96. The molecule has 3 nitrogen and oxygen atoms in total. The first-order valence-corrected chi connectivity index (χ1v) is 31.0. The summed E-state index contributed by atoms with van der Waals surface area (Å²) in [6.45, 7) is 30.0. The van der Waals surface area contributed by atoms with Crippen LogP contribution in [-0.2, 0) is 10.8 Å². The van der Waals surface area contributed by atoms with Gasteiger partial charge in [0, 0.05) is 6.20 Å². The number of nitrogens with zero attached hydrogens (tertiary/aromatic N) is 2. The number of hydrogen-bond donors (Lipinski definition) is 0. The molecule has 4 aromatic carbocycles. The number of benzene rings is 4. The Morgan fingerprint density at radius 2 is 1.02 bits per heavy atom. The van der Waals surface area contributed by atoms with E-state index in [4.69, 9.17) is 14.7 Å². The van der Waals surface area contributed by atoms with E-state index in [2.05, 4.69) is 204 Å². The van der Waals surface area contributed by atoms with E-state index in [1.165, 1.54) is 47.4 Å². The maximum absolute atomic E-state index is 6.96. The fourth-order valence-electron chi connectivity index (χ4n) is 7.77. The molecule has 58 heavy (non-hydrogen) atoms. The second-order valence-corrected chi connectivity index (χ2v) is 34.8. The number of aromatic nitrogens is 2. The Kier molecular flexibility index (Phi) is 12.3. The van der Waals surface area contributed by atoms with Crippen LogP contribution in [0.2, 0.25) is 31.2 Å². The molecule has 0 spiro atoms. The second-order valence-electron chi connectivity index (χ2n) is 20.5. The van der Waals surface area contributed by atoms with E-state index in [0.29, 0.717) is 11.8 Å². The molecule has 0 N–H and O–H groups in total. The first-order valence-electron chi connectivity index (χ1n) is 21.2. The van der Waals surface area contributed by atoms with Crippen molar-refractivity contribution >= 4 is 35.3 Å². The van der Waals surface area contributed by atoms with Gasteiger partial charge in [-0.3, -0.25) is 0 Å². The molecular formula is C53H66GeN2OSi. The third-order valence-corrected chi connectivity index (χ3v) is 21.2. The van der Waals surface area contributed by atoms with Gasteiger partial charge in [-0.15, -0.1) is 0 Å². The molecule has 0 amide bonds. The molecule has 6 aromatic rings. The van der Waals surface area contributed by atoms with E-state index in [0.717, 1.165) is 34.0 Å². The third kappa shape index (κ3) is 9.61. The van der Waals surface area contributed by atoms with Crippen molar-refractivity contribution < 1.29 is 4.74 Å². The number of ether oxygens (including phenoxy) is 1. The minimum absolute atomic E-state index is 0.0924. The van der Waals surface area contributed by atoms with Gasteiger partial charge in [0.25, 0.3) is 0 Å². The number of rotatable bonds is 10. The van der Waals surface area contributed by atoms with Crippen LogP contribution in [0.5, 0.6) is 11.5 Å². The predicted octanol–water partition coefficient (Wildman–Crippen LogP) is 13.5. The van der Waals surface area contributed by atoms with Crippen molar-refractivity contribution in [2.75, 3.05) is 0 Å². The summed E-state index contributed by atoms with van der Waals surface area (Å²) in [4.78, 5) is 9.94. The normalized spacial score (nSPS) is 12.7. The Morgan fingerprint density at radius 3 is 1.48 bits per heavy atom. The summed E-state index contributed by atoms with van der Waals surface area (Å²) in [7, 11) is -1.37. The zero-order valence-electron chi connectivity index (χ0n) is 37.9. The van der Waals surface area contributed by atoms with Gasteiger partial charge in [0.1, 0.15) is 0 Å².